The Morgan fingerprint density at radius 3 is 2.75 bits per heavy atom. The van der Waals surface area contributed by atoms with Gasteiger partial charge < -0.3 is 24.8 Å². The van der Waals surface area contributed by atoms with Crippen LogP contribution >= 0.6 is 0 Å². The predicted molar refractivity (Wildman–Crippen MR) is 108 cm³/mol. The quantitative estimate of drug-likeness (QED) is 0.822. The second-order valence-electron chi connectivity index (χ2n) is 8.75. The summed E-state index contributed by atoms with van der Waals surface area (Å²) < 4.78 is 7.34. The van der Waals surface area contributed by atoms with Crippen LogP contribution in [0.15, 0.2) is 17.4 Å². The maximum Gasteiger partial charge on any atom is 0.410 e. The summed E-state index contributed by atoms with van der Waals surface area (Å²) in [5, 5.41) is 7.80. The van der Waals surface area contributed by atoms with Crippen molar-refractivity contribution in [2.24, 2.45) is 12.0 Å². The molecule has 9 heteroatoms. The molecule has 9 nitrogen and oxygen atoms in total. The van der Waals surface area contributed by atoms with Crippen molar-refractivity contribution in [3.63, 3.8) is 0 Å². The molecule has 0 bridgehead atoms. The molecular weight excluding hydrogens is 358 g/mol. The van der Waals surface area contributed by atoms with Crippen LogP contribution in [-0.4, -0.2) is 95.0 Å². The van der Waals surface area contributed by atoms with Crippen molar-refractivity contribution in [2.45, 2.75) is 38.5 Å². The van der Waals surface area contributed by atoms with Crippen molar-refractivity contribution in [3.8, 4) is 0 Å². The number of guanidine groups is 1. The van der Waals surface area contributed by atoms with Gasteiger partial charge in [0.2, 0.25) is 0 Å². The van der Waals surface area contributed by atoms with Gasteiger partial charge in [-0.15, -0.1) is 0 Å². The molecule has 0 aromatic carbocycles. The minimum atomic E-state index is -0.472. The van der Waals surface area contributed by atoms with Crippen LogP contribution in [0.3, 0.4) is 0 Å². The summed E-state index contributed by atoms with van der Waals surface area (Å²) in [5.41, 5.74) is 0.700. The van der Waals surface area contributed by atoms with Gasteiger partial charge in [-0.3, -0.25) is 9.67 Å². The summed E-state index contributed by atoms with van der Waals surface area (Å²) in [6.07, 6.45) is 3.72. The lowest BCUT2D eigenvalue weighted by molar-refractivity contribution is 0.0137. The third-order valence-corrected chi connectivity index (χ3v) is 5.04. The van der Waals surface area contributed by atoms with Gasteiger partial charge in [0.05, 0.1) is 24.8 Å². The molecule has 1 fully saturated rings. The second-order valence-corrected chi connectivity index (χ2v) is 8.75. The first-order chi connectivity index (χ1) is 13.1. The minimum absolute atomic E-state index is 0.207. The van der Waals surface area contributed by atoms with E-state index in [1.807, 2.05) is 44.9 Å². The van der Waals surface area contributed by atoms with Crippen LogP contribution in [0.1, 0.15) is 32.4 Å². The minimum Gasteiger partial charge on any atom is -0.444 e. The van der Waals surface area contributed by atoms with Crippen LogP contribution in [0, 0.1) is 0 Å². The van der Waals surface area contributed by atoms with Crippen molar-refractivity contribution >= 4 is 12.1 Å². The fourth-order valence-electron chi connectivity index (χ4n) is 3.62. The molecule has 0 saturated carbocycles. The van der Waals surface area contributed by atoms with Crippen molar-refractivity contribution in [1.82, 2.24) is 29.8 Å². The number of fused-ring (bicyclic) bond motifs is 1. The van der Waals surface area contributed by atoms with Gasteiger partial charge in [0.1, 0.15) is 5.60 Å². The highest BCUT2D eigenvalue weighted by molar-refractivity contribution is 5.82. The first kappa shape index (κ1) is 20.4. The first-order valence-electron chi connectivity index (χ1n) is 9.82. The highest BCUT2D eigenvalue weighted by Crippen LogP contribution is 2.20. The van der Waals surface area contributed by atoms with Crippen molar-refractivity contribution in [1.29, 1.82) is 0 Å². The third-order valence-electron chi connectivity index (χ3n) is 5.04. The molecule has 156 valence electrons. The number of aliphatic imine (C=N–C) groups is 1. The zero-order valence-electron chi connectivity index (χ0n) is 17.8. The fourth-order valence-corrected chi connectivity index (χ4v) is 3.62. The number of aromatic nitrogens is 2. The third kappa shape index (κ3) is 4.76. The standard InChI is InChI=1S/C19H33N7O2/c1-19(2,3)28-18(27)25-7-8-26-15(13-25)10-20-17(26)21-11-16(23(4)5)14-9-22-24(6)12-14/h9,12,15-16H,7-8,10-11,13H2,1-6H3,(H,20,21). The zero-order valence-corrected chi connectivity index (χ0v) is 17.8. The summed E-state index contributed by atoms with van der Waals surface area (Å²) >= 11 is 0. The highest BCUT2D eigenvalue weighted by Gasteiger charge is 2.36. The number of ether oxygens (including phenoxy) is 1. The number of likely N-dealkylation sites (N-methyl/N-ethyl adjacent to an activating group) is 1. The maximum absolute atomic E-state index is 12.4. The molecule has 3 rings (SSSR count). The lowest BCUT2D eigenvalue weighted by Gasteiger charge is -2.39. The van der Waals surface area contributed by atoms with Gasteiger partial charge in [0.15, 0.2) is 5.96 Å². The molecule has 0 spiro atoms. The van der Waals surface area contributed by atoms with Crippen LogP contribution in [0.5, 0.6) is 0 Å². The predicted octanol–water partition coefficient (Wildman–Crippen LogP) is 0.903. The van der Waals surface area contributed by atoms with Gasteiger partial charge in [0.25, 0.3) is 0 Å². The van der Waals surface area contributed by atoms with E-state index in [2.05, 4.69) is 34.3 Å². The first-order valence-corrected chi connectivity index (χ1v) is 9.82. The van der Waals surface area contributed by atoms with Crippen LogP contribution in [0.25, 0.3) is 0 Å². The van der Waals surface area contributed by atoms with Gasteiger partial charge in [-0.2, -0.15) is 5.10 Å². The largest absolute Gasteiger partial charge is 0.444 e. The average Bonchev–Trinajstić information content (AvgIpc) is 3.19. The molecule has 1 amide bonds. The molecule has 1 N–H and O–H groups in total. The number of hydrogen-bond donors (Lipinski definition) is 1. The molecule has 1 aromatic rings. The number of nitrogens with one attached hydrogen (secondary N) is 1. The number of hydrogen-bond acceptors (Lipinski definition) is 7. The molecule has 2 aliphatic rings. The van der Waals surface area contributed by atoms with Crippen molar-refractivity contribution < 1.29 is 9.53 Å². The summed E-state index contributed by atoms with van der Waals surface area (Å²) in [5.74, 6) is 0.921. The van der Waals surface area contributed by atoms with Gasteiger partial charge in [0, 0.05) is 45.0 Å². The van der Waals surface area contributed by atoms with E-state index in [0.29, 0.717) is 19.6 Å². The number of carbonyl (C=O) groups is 1. The van der Waals surface area contributed by atoms with E-state index in [-0.39, 0.29) is 18.2 Å². The number of amides is 1. The smallest absolute Gasteiger partial charge is 0.410 e. The fraction of sp³-hybridized carbons (Fsp3) is 0.737. The number of piperazine rings is 1. The van der Waals surface area contributed by atoms with E-state index >= 15 is 0 Å². The topological polar surface area (TPSA) is 78.2 Å². The van der Waals surface area contributed by atoms with Gasteiger partial charge >= 0.3 is 6.09 Å². The molecule has 0 aliphatic carbocycles. The molecule has 1 aromatic heterocycles. The molecule has 2 atom stereocenters. The normalized spacial score (nSPS) is 20.8. The monoisotopic (exact) mass is 391 g/mol. The van der Waals surface area contributed by atoms with Crippen LogP contribution < -0.4 is 5.32 Å². The maximum atomic E-state index is 12.4. The molecule has 28 heavy (non-hydrogen) atoms. The Labute approximate surface area is 167 Å². The van der Waals surface area contributed by atoms with Crippen LogP contribution in [-0.2, 0) is 11.8 Å². The Morgan fingerprint density at radius 2 is 2.14 bits per heavy atom. The van der Waals surface area contributed by atoms with E-state index in [4.69, 9.17) is 9.73 Å². The summed E-state index contributed by atoms with van der Waals surface area (Å²) in [4.78, 5) is 23.3. The molecule has 3 heterocycles. The van der Waals surface area contributed by atoms with Crippen molar-refractivity contribution in [3.05, 3.63) is 18.0 Å². The van der Waals surface area contributed by atoms with E-state index in [1.165, 1.54) is 5.56 Å². The van der Waals surface area contributed by atoms with Crippen molar-refractivity contribution in [2.75, 3.05) is 46.8 Å². The van der Waals surface area contributed by atoms with Gasteiger partial charge in [-0.1, -0.05) is 0 Å². The Hall–Kier alpha value is -2.29. The molecule has 1 saturated heterocycles. The number of rotatable bonds is 4. The van der Waals surface area contributed by atoms with E-state index in [0.717, 1.165) is 19.0 Å². The van der Waals surface area contributed by atoms with E-state index in [1.54, 1.807) is 4.90 Å². The number of aryl methyl sites for hydroxylation is 1. The Morgan fingerprint density at radius 1 is 1.39 bits per heavy atom. The van der Waals surface area contributed by atoms with Gasteiger partial charge in [-0.25, -0.2) is 4.79 Å². The summed E-state index contributed by atoms with van der Waals surface area (Å²) in [6, 6.07) is 0.415. The SMILES string of the molecule is CN(C)C(CNC1=NCC2CN(C(=O)OC(C)(C)C)CCN12)c1cnn(C)c1. The highest BCUT2D eigenvalue weighted by atomic mass is 16.6. The molecule has 0 radical (unpaired) electrons. The number of nitrogens with zero attached hydrogens (tertiary/aromatic N) is 6. The zero-order chi connectivity index (χ0) is 20.5. The van der Waals surface area contributed by atoms with E-state index < -0.39 is 5.60 Å². The Balaban J connectivity index is 1.55. The Kier molecular flexibility index (Phi) is 5.83. The summed E-state index contributed by atoms with van der Waals surface area (Å²) in [7, 11) is 6.07. The molecular formula is C19H33N7O2. The number of carbonyl (C=O) groups excluding carboxylic acids is 1. The Bertz CT molecular complexity index is 722. The van der Waals surface area contributed by atoms with Crippen LogP contribution in [0.4, 0.5) is 4.79 Å². The average molecular weight is 392 g/mol. The lowest BCUT2D eigenvalue weighted by Crippen LogP contribution is -2.58. The molecule has 2 unspecified atom stereocenters. The lowest BCUT2D eigenvalue weighted by atomic mass is 10.1. The van der Waals surface area contributed by atoms with E-state index in [9.17, 15) is 4.79 Å². The summed E-state index contributed by atoms with van der Waals surface area (Å²) in [6.45, 7) is 9.17. The molecule has 2 aliphatic heterocycles. The van der Waals surface area contributed by atoms with Crippen LogP contribution in [0.2, 0.25) is 0 Å². The second kappa shape index (κ2) is 7.98. The van der Waals surface area contributed by atoms with Gasteiger partial charge in [-0.05, 0) is 34.9 Å².